The van der Waals surface area contributed by atoms with Gasteiger partial charge < -0.3 is 10.2 Å². The maximum atomic E-state index is 9.58. The van der Waals surface area contributed by atoms with E-state index in [1.165, 1.54) is 11.3 Å². The predicted molar refractivity (Wildman–Crippen MR) is 54.3 cm³/mol. The van der Waals surface area contributed by atoms with Crippen molar-refractivity contribution in [2.24, 2.45) is 5.11 Å². The lowest BCUT2D eigenvalue weighted by Crippen LogP contribution is -2.20. The molecular weight excluding hydrogens is 226 g/mol. The summed E-state index contributed by atoms with van der Waals surface area (Å²) in [6, 6.07) is 1.63. The molecule has 0 spiro atoms. The van der Waals surface area contributed by atoms with E-state index in [-0.39, 0.29) is 6.54 Å². The Hall–Kier alpha value is -0.780. The van der Waals surface area contributed by atoms with Crippen molar-refractivity contribution in [3.05, 3.63) is 31.8 Å². The number of thiophene rings is 1. The molecule has 76 valence electrons. The number of rotatable bonds is 4. The largest absolute Gasteiger partial charge is 0.390 e. The van der Waals surface area contributed by atoms with Crippen molar-refractivity contribution >= 4 is 22.9 Å². The third-order valence-electron chi connectivity index (χ3n) is 1.61. The van der Waals surface area contributed by atoms with Crippen molar-refractivity contribution in [3.63, 3.8) is 0 Å². The van der Waals surface area contributed by atoms with Gasteiger partial charge in [0.25, 0.3) is 0 Å². The summed E-state index contributed by atoms with van der Waals surface area (Å²) in [5.41, 5.74) is 8.02. The van der Waals surface area contributed by atoms with Gasteiger partial charge in [0, 0.05) is 4.91 Å². The molecule has 0 bridgehead atoms. The molecule has 1 heterocycles. The third kappa shape index (κ3) is 2.60. The van der Waals surface area contributed by atoms with Gasteiger partial charge in [-0.3, -0.25) is 0 Å². The first-order valence-corrected chi connectivity index (χ1v) is 5.02. The Kier molecular flexibility index (Phi) is 4.19. The zero-order chi connectivity index (χ0) is 10.6. The topological polar surface area (TPSA) is 89.2 Å². The summed E-state index contributed by atoms with van der Waals surface area (Å²) < 4.78 is 0. The summed E-state index contributed by atoms with van der Waals surface area (Å²) in [5.74, 6) is 0. The van der Waals surface area contributed by atoms with Gasteiger partial charge in [0.2, 0.25) is 0 Å². The fourth-order valence-corrected chi connectivity index (χ4v) is 2.12. The summed E-state index contributed by atoms with van der Waals surface area (Å²) in [7, 11) is 0. The number of aliphatic hydroxyl groups is 2. The molecule has 0 aliphatic heterocycles. The summed E-state index contributed by atoms with van der Waals surface area (Å²) in [5, 5.41) is 24.2. The van der Waals surface area contributed by atoms with Crippen LogP contribution in [0.4, 0.5) is 0 Å². The van der Waals surface area contributed by atoms with Gasteiger partial charge in [-0.2, -0.15) is 0 Å². The maximum Gasteiger partial charge on any atom is 0.116 e. The summed E-state index contributed by atoms with van der Waals surface area (Å²) in [6.07, 6.45) is -2.23. The number of halogens is 1. The van der Waals surface area contributed by atoms with Crippen LogP contribution >= 0.6 is 22.9 Å². The highest BCUT2D eigenvalue weighted by Crippen LogP contribution is 2.30. The van der Waals surface area contributed by atoms with Crippen molar-refractivity contribution in [3.8, 4) is 0 Å². The summed E-state index contributed by atoms with van der Waals surface area (Å²) in [4.78, 5) is 2.97. The number of hydrogen-bond acceptors (Lipinski definition) is 4. The number of aliphatic hydroxyl groups excluding tert-OH is 2. The van der Waals surface area contributed by atoms with Gasteiger partial charge in [0.05, 0.1) is 22.5 Å². The maximum absolute atomic E-state index is 9.58. The molecule has 0 aliphatic carbocycles. The molecule has 2 unspecified atom stereocenters. The predicted octanol–water partition coefficient (Wildman–Crippen LogP) is 2.11. The molecule has 0 aliphatic rings. The zero-order valence-electron chi connectivity index (χ0n) is 7.04. The summed E-state index contributed by atoms with van der Waals surface area (Å²) >= 11 is 6.99. The Morgan fingerprint density at radius 1 is 1.64 bits per heavy atom. The molecule has 7 heteroatoms. The van der Waals surface area contributed by atoms with Crippen molar-refractivity contribution in [2.75, 3.05) is 6.54 Å². The number of nitrogens with zero attached hydrogens (tertiary/aromatic N) is 3. The van der Waals surface area contributed by atoms with Crippen LogP contribution in [0.15, 0.2) is 16.6 Å². The molecule has 1 aromatic rings. The standard InChI is InChI=1S/C7H8ClN3O2S/c8-4-1-2-14-7(4)6(13)5(12)3-10-11-9/h1-2,5-6,12-13H,3H2. The Morgan fingerprint density at radius 3 is 2.86 bits per heavy atom. The third-order valence-corrected chi connectivity index (χ3v) is 3.04. The van der Waals surface area contributed by atoms with Crippen LogP contribution in [0.5, 0.6) is 0 Å². The minimum Gasteiger partial charge on any atom is -0.390 e. The first-order chi connectivity index (χ1) is 6.66. The molecule has 0 amide bonds. The Morgan fingerprint density at radius 2 is 2.36 bits per heavy atom. The van der Waals surface area contributed by atoms with E-state index >= 15 is 0 Å². The van der Waals surface area contributed by atoms with Crippen LogP contribution in [0.25, 0.3) is 10.4 Å². The SMILES string of the molecule is [N-]=[N+]=NCC(O)C(O)c1sccc1Cl. The molecule has 0 aromatic carbocycles. The second-order valence-electron chi connectivity index (χ2n) is 2.56. The Bertz CT molecular complexity index is 350. The average molecular weight is 234 g/mol. The molecule has 0 saturated heterocycles. The van der Waals surface area contributed by atoms with E-state index < -0.39 is 12.2 Å². The first-order valence-electron chi connectivity index (χ1n) is 3.76. The van der Waals surface area contributed by atoms with Gasteiger partial charge in [-0.15, -0.1) is 11.3 Å². The molecule has 0 radical (unpaired) electrons. The molecule has 14 heavy (non-hydrogen) atoms. The normalized spacial score (nSPS) is 14.5. The van der Waals surface area contributed by atoms with Crippen LogP contribution in [0, 0.1) is 0 Å². The molecule has 0 fully saturated rings. The van der Waals surface area contributed by atoms with Crippen LogP contribution in [0.3, 0.4) is 0 Å². The quantitative estimate of drug-likeness (QED) is 0.474. The lowest BCUT2D eigenvalue weighted by molar-refractivity contribution is 0.0267. The van der Waals surface area contributed by atoms with Gasteiger partial charge in [-0.05, 0) is 17.0 Å². The van der Waals surface area contributed by atoms with Crippen molar-refractivity contribution in [2.45, 2.75) is 12.2 Å². The second kappa shape index (κ2) is 5.19. The van der Waals surface area contributed by atoms with E-state index in [4.69, 9.17) is 17.1 Å². The Balaban J connectivity index is 2.69. The molecule has 2 N–H and O–H groups in total. The van der Waals surface area contributed by atoms with Gasteiger partial charge in [0.15, 0.2) is 0 Å². The van der Waals surface area contributed by atoms with E-state index in [1.807, 2.05) is 0 Å². The number of hydrogen-bond donors (Lipinski definition) is 2. The van der Waals surface area contributed by atoms with Crippen molar-refractivity contribution < 1.29 is 10.2 Å². The fraction of sp³-hybridized carbons (Fsp3) is 0.429. The van der Waals surface area contributed by atoms with Gasteiger partial charge in [-0.1, -0.05) is 16.7 Å². The lowest BCUT2D eigenvalue weighted by atomic mass is 10.2. The smallest absolute Gasteiger partial charge is 0.116 e. The highest BCUT2D eigenvalue weighted by molar-refractivity contribution is 7.10. The fourth-order valence-electron chi connectivity index (χ4n) is 0.911. The molecule has 1 rings (SSSR count). The van der Waals surface area contributed by atoms with Gasteiger partial charge >= 0.3 is 0 Å². The molecular formula is C7H8ClN3O2S. The highest BCUT2D eigenvalue weighted by atomic mass is 35.5. The van der Waals surface area contributed by atoms with E-state index in [9.17, 15) is 10.2 Å². The van der Waals surface area contributed by atoms with Crippen LogP contribution in [0.1, 0.15) is 11.0 Å². The van der Waals surface area contributed by atoms with Crippen LogP contribution < -0.4 is 0 Å². The van der Waals surface area contributed by atoms with Gasteiger partial charge in [-0.25, -0.2) is 0 Å². The van der Waals surface area contributed by atoms with E-state index in [2.05, 4.69) is 10.0 Å². The van der Waals surface area contributed by atoms with Gasteiger partial charge in [0.1, 0.15) is 6.10 Å². The monoisotopic (exact) mass is 233 g/mol. The highest BCUT2D eigenvalue weighted by Gasteiger charge is 2.20. The number of azide groups is 1. The Labute approximate surface area is 89.2 Å². The van der Waals surface area contributed by atoms with E-state index in [0.717, 1.165) is 0 Å². The minimum absolute atomic E-state index is 0.175. The molecule has 5 nitrogen and oxygen atoms in total. The van der Waals surface area contributed by atoms with Crippen LogP contribution in [0.2, 0.25) is 5.02 Å². The molecule has 1 aromatic heterocycles. The minimum atomic E-state index is -1.12. The summed E-state index contributed by atoms with van der Waals surface area (Å²) in [6.45, 7) is -0.175. The average Bonchev–Trinajstić information content (AvgIpc) is 2.59. The molecule has 0 saturated carbocycles. The van der Waals surface area contributed by atoms with Crippen molar-refractivity contribution in [1.82, 2.24) is 0 Å². The lowest BCUT2D eigenvalue weighted by Gasteiger charge is -2.14. The van der Waals surface area contributed by atoms with E-state index in [0.29, 0.717) is 9.90 Å². The van der Waals surface area contributed by atoms with E-state index in [1.54, 1.807) is 11.4 Å². The first kappa shape index (κ1) is 11.3. The van der Waals surface area contributed by atoms with Crippen LogP contribution in [-0.4, -0.2) is 22.9 Å². The molecule has 2 atom stereocenters. The van der Waals surface area contributed by atoms with Crippen molar-refractivity contribution in [1.29, 1.82) is 0 Å². The second-order valence-corrected chi connectivity index (χ2v) is 3.91. The zero-order valence-corrected chi connectivity index (χ0v) is 8.61. The van der Waals surface area contributed by atoms with Crippen LogP contribution in [-0.2, 0) is 0 Å².